The van der Waals surface area contributed by atoms with Crippen molar-refractivity contribution in [3.05, 3.63) is 63.6 Å². The molecule has 0 spiro atoms. The number of aryl methyl sites for hydroxylation is 1. The molecule has 0 fully saturated rings. The average Bonchev–Trinajstić information content (AvgIpc) is 2.43. The van der Waals surface area contributed by atoms with Gasteiger partial charge in [-0.15, -0.1) is 0 Å². The Kier molecular flexibility index (Phi) is 5.45. The van der Waals surface area contributed by atoms with E-state index in [1.165, 1.54) is 12.1 Å². The molecule has 2 N–H and O–H groups in total. The maximum Gasteiger partial charge on any atom is 0.123 e. The molecule has 2 aromatic rings. The van der Waals surface area contributed by atoms with Gasteiger partial charge in [-0.3, -0.25) is 9.88 Å². The molecule has 2 rings (SSSR count). The van der Waals surface area contributed by atoms with Gasteiger partial charge in [0.25, 0.3) is 0 Å². The molecular weight excluding hydrogens is 333 g/mol. The van der Waals surface area contributed by atoms with Gasteiger partial charge in [-0.05, 0) is 49.9 Å². The lowest BCUT2D eigenvalue weighted by Gasteiger charge is -2.28. The van der Waals surface area contributed by atoms with Crippen LogP contribution in [0.1, 0.15) is 23.0 Å². The average molecular weight is 352 g/mol. The molecule has 21 heavy (non-hydrogen) atoms. The van der Waals surface area contributed by atoms with Crippen molar-refractivity contribution in [3.63, 3.8) is 0 Å². The number of hydrogen-bond donors (Lipinski definition) is 1. The summed E-state index contributed by atoms with van der Waals surface area (Å²) in [5.74, 6) is -0.256. The van der Waals surface area contributed by atoms with Crippen LogP contribution in [0.5, 0.6) is 0 Å². The highest BCUT2D eigenvalue weighted by molar-refractivity contribution is 9.10. The highest BCUT2D eigenvalue weighted by atomic mass is 79.9. The first kappa shape index (κ1) is 16.1. The fourth-order valence-corrected chi connectivity index (χ4v) is 2.88. The number of rotatable bonds is 5. The summed E-state index contributed by atoms with van der Waals surface area (Å²) >= 11 is 3.47. The van der Waals surface area contributed by atoms with Gasteiger partial charge in [-0.2, -0.15) is 0 Å². The van der Waals surface area contributed by atoms with Crippen LogP contribution in [0.3, 0.4) is 0 Å². The Morgan fingerprint density at radius 1 is 1.33 bits per heavy atom. The number of likely N-dealkylation sites (N-methyl/N-ethyl adjacent to an activating group) is 1. The van der Waals surface area contributed by atoms with Crippen LogP contribution in [0.15, 0.2) is 40.9 Å². The summed E-state index contributed by atoms with van der Waals surface area (Å²) in [6.45, 7) is 3.03. The van der Waals surface area contributed by atoms with Crippen molar-refractivity contribution in [3.8, 4) is 0 Å². The van der Waals surface area contributed by atoms with Gasteiger partial charge in [-0.1, -0.05) is 22.0 Å². The number of benzene rings is 1. The Bertz CT molecular complexity index is 618. The van der Waals surface area contributed by atoms with Gasteiger partial charge < -0.3 is 5.73 Å². The van der Waals surface area contributed by atoms with E-state index in [-0.39, 0.29) is 11.9 Å². The lowest BCUT2D eigenvalue weighted by atomic mass is 10.1. The zero-order valence-electron chi connectivity index (χ0n) is 12.2. The van der Waals surface area contributed by atoms with E-state index in [4.69, 9.17) is 5.73 Å². The van der Waals surface area contributed by atoms with Gasteiger partial charge in [0, 0.05) is 29.3 Å². The van der Waals surface area contributed by atoms with E-state index in [1.807, 2.05) is 32.2 Å². The summed E-state index contributed by atoms with van der Waals surface area (Å²) in [5, 5.41) is 0. The molecule has 1 heterocycles. The summed E-state index contributed by atoms with van der Waals surface area (Å²) in [6, 6.07) is 10.5. The van der Waals surface area contributed by atoms with Gasteiger partial charge >= 0.3 is 0 Å². The van der Waals surface area contributed by atoms with E-state index in [9.17, 15) is 4.39 Å². The maximum atomic E-state index is 13.5. The van der Waals surface area contributed by atoms with Crippen LogP contribution < -0.4 is 5.73 Å². The second-order valence-corrected chi connectivity index (χ2v) is 5.96. The second kappa shape index (κ2) is 7.11. The number of halogens is 2. The fourth-order valence-electron chi connectivity index (χ4n) is 2.37. The quantitative estimate of drug-likeness (QED) is 0.897. The lowest BCUT2D eigenvalue weighted by Crippen LogP contribution is -2.30. The van der Waals surface area contributed by atoms with Crippen LogP contribution in [0.25, 0.3) is 0 Å². The van der Waals surface area contributed by atoms with Crippen molar-refractivity contribution in [2.75, 3.05) is 13.6 Å². The number of nitrogens with zero attached hydrogens (tertiary/aromatic N) is 2. The molecule has 112 valence electrons. The second-order valence-electron chi connectivity index (χ2n) is 5.10. The molecule has 1 atom stereocenters. The Hall–Kier alpha value is -1.30. The van der Waals surface area contributed by atoms with E-state index in [0.717, 1.165) is 21.4 Å². The van der Waals surface area contributed by atoms with E-state index < -0.39 is 0 Å². The Morgan fingerprint density at radius 2 is 2.10 bits per heavy atom. The molecule has 1 aromatic heterocycles. The summed E-state index contributed by atoms with van der Waals surface area (Å²) in [5.41, 5.74) is 8.72. The Balaban J connectivity index is 2.22. The van der Waals surface area contributed by atoms with Crippen LogP contribution in [-0.4, -0.2) is 23.5 Å². The smallest absolute Gasteiger partial charge is 0.123 e. The zero-order valence-corrected chi connectivity index (χ0v) is 13.8. The van der Waals surface area contributed by atoms with Crippen molar-refractivity contribution < 1.29 is 4.39 Å². The third-order valence-electron chi connectivity index (χ3n) is 3.43. The van der Waals surface area contributed by atoms with E-state index in [2.05, 4.69) is 25.8 Å². The number of nitrogens with two attached hydrogens (primary N) is 1. The first-order chi connectivity index (χ1) is 10.0. The third-order valence-corrected chi connectivity index (χ3v) is 4.15. The summed E-state index contributed by atoms with van der Waals surface area (Å²) in [7, 11) is 1.97. The predicted octanol–water partition coefficient (Wildman–Crippen LogP) is 3.42. The standard InChI is InChI=1S/C16H19BrFN3/c1-11-4-3-5-13(20-11)10-21(2)16(9-19)14-8-12(18)6-7-15(14)17/h3-8,16H,9-10,19H2,1-2H3. The molecule has 0 aliphatic heterocycles. The molecule has 0 bridgehead atoms. The van der Waals surface area contributed by atoms with Crippen LogP contribution >= 0.6 is 15.9 Å². The minimum absolute atomic E-state index is 0.0719. The maximum absolute atomic E-state index is 13.5. The van der Waals surface area contributed by atoms with Gasteiger partial charge in [0.05, 0.1) is 5.69 Å². The highest BCUT2D eigenvalue weighted by Crippen LogP contribution is 2.28. The third kappa shape index (κ3) is 4.09. The molecule has 5 heteroatoms. The topological polar surface area (TPSA) is 42.1 Å². The Labute approximate surface area is 133 Å². The molecule has 0 amide bonds. The fraction of sp³-hybridized carbons (Fsp3) is 0.312. The molecule has 1 aromatic carbocycles. The normalized spacial score (nSPS) is 12.7. The molecule has 0 aliphatic rings. The SMILES string of the molecule is Cc1cccc(CN(C)C(CN)c2cc(F)ccc2Br)n1. The van der Waals surface area contributed by atoms with Gasteiger partial charge in [0.15, 0.2) is 0 Å². The summed E-state index contributed by atoms with van der Waals surface area (Å²) < 4.78 is 14.4. The first-order valence-electron chi connectivity index (χ1n) is 6.79. The van der Waals surface area contributed by atoms with Crippen molar-refractivity contribution in [2.45, 2.75) is 19.5 Å². The van der Waals surface area contributed by atoms with Crippen molar-refractivity contribution >= 4 is 15.9 Å². The first-order valence-corrected chi connectivity index (χ1v) is 7.58. The molecule has 0 saturated heterocycles. The molecule has 1 unspecified atom stereocenters. The van der Waals surface area contributed by atoms with E-state index in [0.29, 0.717) is 13.1 Å². The molecule has 0 saturated carbocycles. The van der Waals surface area contributed by atoms with Crippen LogP contribution in [0.2, 0.25) is 0 Å². The monoisotopic (exact) mass is 351 g/mol. The van der Waals surface area contributed by atoms with Gasteiger partial charge in [0.2, 0.25) is 0 Å². The minimum Gasteiger partial charge on any atom is -0.329 e. The van der Waals surface area contributed by atoms with Gasteiger partial charge in [-0.25, -0.2) is 4.39 Å². The van der Waals surface area contributed by atoms with E-state index in [1.54, 1.807) is 6.07 Å². The summed E-state index contributed by atoms with van der Waals surface area (Å²) in [4.78, 5) is 6.58. The van der Waals surface area contributed by atoms with Gasteiger partial charge in [0.1, 0.15) is 5.82 Å². The number of aromatic nitrogens is 1. The Morgan fingerprint density at radius 3 is 2.76 bits per heavy atom. The van der Waals surface area contributed by atoms with Crippen LogP contribution in [0.4, 0.5) is 4.39 Å². The van der Waals surface area contributed by atoms with Crippen molar-refractivity contribution in [2.24, 2.45) is 5.73 Å². The van der Waals surface area contributed by atoms with Crippen LogP contribution in [0, 0.1) is 12.7 Å². The molecule has 0 radical (unpaired) electrons. The van der Waals surface area contributed by atoms with Crippen molar-refractivity contribution in [1.82, 2.24) is 9.88 Å². The van der Waals surface area contributed by atoms with Crippen molar-refractivity contribution in [1.29, 1.82) is 0 Å². The lowest BCUT2D eigenvalue weighted by molar-refractivity contribution is 0.238. The molecular formula is C16H19BrFN3. The number of hydrogen-bond acceptors (Lipinski definition) is 3. The molecule has 0 aliphatic carbocycles. The largest absolute Gasteiger partial charge is 0.329 e. The zero-order chi connectivity index (χ0) is 15.4. The highest BCUT2D eigenvalue weighted by Gasteiger charge is 2.19. The predicted molar refractivity (Wildman–Crippen MR) is 86.3 cm³/mol. The van der Waals surface area contributed by atoms with E-state index >= 15 is 0 Å². The summed E-state index contributed by atoms with van der Waals surface area (Å²) in [6.07, 6.45) is 0. The number of pyridine rings is 1. The van der Waals surface area contributed by atoms with Crippen LogP contribution in [-0.2, 0) is 6.54 Å². The minimum atomic E-state index is -0.256. The molecule has 3 nitrogen and oxygen atoms in total.